The Kier molecular flexibility index (Phi) is 5.09. The molecule has 1 heterocycles. The van der Waals surface area contributed by atoms with Crippen molar-refractivity contribution < 1.29 is 4.79 Å². The van der Waals surface area contributed by atoms with Gasteiger partial charge >= 0.3 is 0 Å². The molecule has 3 rings (SSSR count). The van der Waals surface area contributed by atoms with Crippen molar-refractivity contribution in [2.24, 2.45) is 0 Å². The predicted molar refractivity (Wildman–Crippen MR) is 104 cm³/mol. The van der Waals surface area contributed by atoms with Gasteiger partial charge < -0.3 is 10.6 Å². The lowest BCUT2D eigenvalue weighted by Crippen LogP contribution is -2.01. The Labute approximate surface area is 154 Å². The van der Waals surface area contributed by atoms with E-state index in [1.165, 1.54) is 0 Å². The number of nitrogens with zero attached hydrogens (tertiary/aromatic N) is 2. The summed E-state index contributed by atoms with van der Waals surface area (Å²) in [7, 11) is 0. The molecule has 0 radical (unpaired) electrons. The zero-order valence-electron chi connectivity index (χ0n) is 13.9. The summed E-state index contributed by atoms with van der Waals surface area (Å²) in [4.78, 5) is 20.0. The van der Waals surface area contributed by atoms with E-state index >= 15 is 0 Å². The number of Topliss-reactive ketones (excluding diaryl/α,β-unsaturated/α-hetero) is 1. The van der Waals surface area contributed by atoms with Gasteiger partial charge in [0.1, 0.15) is 5.82 Å². The highest BCUT2D eigenvalue weighted by Gasteiger charge is 2.04. The van der Waals surface area contributed by atoms with Crippen LogP contribution in [0.3, 0.4) is 0 Å². The van der Waals surface area contributed by atoms with Crippen LogP contribution in [0.15, 0.2) is 59.2 Å². The summed E-state index contributed by atoms with van der Waals surface area (Å²) >= 11 is 3.52. The standard InChI is InChI=1S/C19H17BrN4O/c1-12-3-6-16(11-17(12)20)23-19-21-10-9-18(24-19)22-15-7-4-14(5-8-15)13(2)25/h3-11H,1-2H3,(H2,21,22,23,24). The van der Waals surface area contributed by atoms with E-state index in [1.54, 1.807) is 31.3 Å². The van der Waals surface area contributed by atoms with Crippen LogP contribution in [0, 0.1) is 6.92 Å². The maximum Gasteiger partial charge on any atom is 0.229 e. The van der Waals surface area contributed by atoms with E-state index in [0.29, 0.717) is 17.3 Å². The summed E-state index contributed by atoms with van der Waals surface area (Å²) in [5.41, 5.74) is 3.60. The second kappa shape index (κ2) is 7.44. The lowest BCUT2D eigenvalue weighted by Gasteiger charge is -2.09. The van der Waals surface area contributed by atoms with E-state index in [1.807, 2.05) is 37.3 Å². The van der Waals surface area contributed by atoms with Gasteiger partial charge in [0.25, 0.3) is 0 Å². The van der Waals surface area contributed by atoms with Crippen LogP contribution >= 0.6 is 15.9 Å². The maximum atomic E-state index is 11.3. The summed E-state index contributed by atoms with van der Waals surface area (Å²) < 4.78 is 1.03. The molecular weight excluding hydrogens is 380 g/mol. The molecule has 25 heavy (non-hydrogen) atoms. The third kappa shape index (κ3) is 4.42. The van der Waals surface area contributed by atoms with Crippen LogP contribution in [0.1, 0.15) is 22.8 Å². The molecule has 0 atom stereocenters. The Morgan fingerprint density at radius 1 is 1.00 bits per heavy atom. The molecular formula is C19H17BrN4O. The minimum atomic E-state index is 0.0457. The average molecular weight is 397 g/mol. The molecule has 0 bridgehead atoms. The van der Waals surface area contributed by atoms with Gasteiger partial charge in [0.2, 0.25) is 5.95 Å². The van der Waals surface area contributed by atoms with Crippen molar-refractivity contribution >= 4 is 44.9 Å². The smallest absolute Gasteiger partial charge is 0.229 e. The number of rotatable bonds is 5. The number of aryl methyl sites for hydroxylation is 1. The van der Waals surface area contributed by atoms with Crippen molar-refractivity contribution in [1.82, 2.24) is 9.97 Å². The number of hydrogen-bond donors (Lipinski definition) is 2. The fourth-order valence-corrected chi connectivity index (χ4v) is 2.60. The van der Waals surface area contributed by atoms with Crippen LogP contribution in [-0.2, 0) is 0 Å². The normalized spacial score (nSPS) is 10.4. The molecule has 5 nitrogen and oxygen atoms in total. The van der Waals surface area contributed by atoms with Crippen molar-refractivity contribution in [3.05, 3.63) is 70.3 Å². The molecule has 0 unspecified atom stereocenters. The third-order valence-corrected chi connectivity index (χ3v) is 4.50. The fraction of sp³-hybridized carbons (Fsp3) is 0.105. The Bertz CT molecular complexity index is 910. The molecule has 1 aromatic heterocycles. The van der Waals surface area contributed by atoms with Crippen LogP contribution in [0.5, 0.6) is 0 Å². The first kappa shape index (κ1) is 17.1. The quantitative estimate of drug-likeness (QED) is 0.577. The largest absolute Gasteiger partial charge is 0.340 e. The topological polar surface area (TPSA) is 66.9 Å². The van der Waals surface area contributed by atoms with Gasteiger partial charge in [-0.05, 0) is 61.9 Å². The van der Waals surface area contributed by atoms with Crippen molar-refractivity contribution in [2.45, 2.75) is 13.8 Å². The monoisotopic (exact) mass is 396 g/mol. The van der Waals surface area contributed by atoms with Gasteiger partial charge in [-0.15, -0.1) is 0 Å². The lowest BCUT2D eigenvalue weighted by atomic mass is 10.1. The Morgan fingerprint density at radius 3 is 2.40 bits per heavy atom. The van der Waals surface area contributed by atoms with E-state index in [9.17, 15) is 4.79 Å². The molecule has 0 amide bonds. The number of ketones is 1. The summed E-state index contributed by atoms with van der Waals surface area (Å²) in [5, 5.41) is 6.39. The second-order valence-electron chi connectivity index (χ2n) is 5.61. The average Bonchev–Trinajstić information content (AvgIpc) is 2.59. The number of hydrogen-bond acceptors (Lipinski definition) is 5. The van der Waals surface area contributed by atoms with E-state index in [2.05, 4.69) is 36.5 Å². The molecule has 126 valence electrons. The van der Waals surface area contributed by atoms with Gasteiger partial charge in [-0.3, -0.25) is 4.79 Å². The van der Waals surface area contributed by atoms with E-state index in [0.717, 1.165) is 21.4 Å². The predicted octanol–water partition coefficient (Wildman–Crippen LogP) is 5.24. The highest BCUT2D eigenvalue weighted by atomic mass is 79.9. The first-order valence-corrected chi connectivity index (χ1v) is 8.55. The number of carbonyl (C=O) groups excluding carboxylic acids is 1. The van der Waals surface area contributed by atoms with Gasteiger partial charge in [-0.2, -0.15) is 4.98 Å². The summed E-state index contributed by atoms with van der Waals surface area (Å²) in [6.45, 7) is 3.58. The molecule has 0 aliphatic heterocycles. The highest BCUT2D eigenvalue weighted by Crippen LogP contribution is 2.23. The maximum absolute atomic E-state index is 11.3. The molecule has 3 aromatic rings. The zero-order chi connectivity index (χ0) is 17.8. The fourth-order valence-electron chi connectivity index (χ4n) is 2.22. The number of halogens is 1. The van der Waals surface area contributed by atoms with E-state index in [4.69, 9.17) is 0 Å². The molecule has 0 aliphatic carbocycles. The van der Waals surface area contributed by atoms with E-state index in [-0.39, 0.29) is 5.78 Å². The number of carbonyl (C=O) groups is 1. The zero-order valence-corrected chi connectivity index (χ0v) is 15.5. The summed E-state index contributed by atoms with van der Waals surface area (Å²) in [6.07, 6.45) is 1.69. The summed E-state index contributed by atoms with van der Waals surface area (Å²) in [6, 6.07) is 15.0. The Morgan fingerprint density at radius 2 is 1.72 bits per heavy atom. The molecule has 0 saturated heterocycles. The van der Waals surface area contributed by atoms with Crippen LogP contribution in [0.4, 0.5) is 23.1 Å². The van der Waals surface area contributed by atoms with Crippen LogP contribution in [-0.4, -0.2) is 15.8 Å². The molecule has 2 aromatic carbocycles. The number of anilines is 4. The first-order valence-electron chi connectivity index (χ1n) is 7.75. The Balaban J connectivity index is 1.74. The van der Waals surface area contributed by atoms with Gasteiger partial charge in [0.05, 0.1) is 0 Å². The van der Waals surface area contributed by atoms with Gasteiger partial charge in [0.15, 0.2) is 5.78 Å². The van der Waals surface area contributed by atoms with E-state index < -0.39 is 0 Å². The second-order valence-corrected chi connectivity index (χ2v) is 6.47. The SMILES string of the molecule is CC(=O)c1ccc(Nc2ccnc(Nc3ccc(C)c(Br)c3)n2)cc1. The molecule has 0 fully saturated rings. The van der Waals surface area contributed by atoms with Crippen molar-refractivity contribution in [3.63, 3.8) is 0 Å². The molecule has 2 N–H and O–H groups in total. The Hall–Kier alpha value is -2.73. The molecule has 0 aliphatic rings. The van der Waals surface area contributed by atoms with Gasteiger partial charge in [-0.1, -0.05) is 22.0 Å². The third-order valence-electron chi connectivity index (χ3n) is 3.65. The van der Waals surface area contributed by atoms with Crippen LogP contribution in [0.25, 0.3) is 0 Å². The van der Waals surface area contributed by atoms with Crippen LogP contribution in [0.2, 0.25) is 0 Å². The van der Waals surface area contributed by atoms with Crippen LogP contribution < -0.4 is 10.6 Å². The first-order chi connectivity index (χ1) is 12.0. The molecule has 0 spiro atoms. The van der Waals surface area contributed by atoms with Crippen molar-refractivity contribution in [1.29, 1.82) is 0 Å². The number of aromatic nitrogens is 2. The number of benzene rings is 2. The van der Waals surface area contributed by atoms with Gasteiger partial charge in [0, 0.05) is 27.6 Å². The van der Waals surface area contributed by atoms with Crippen molar-refractivity contribution in [2.75, 3.05) is 10.6 Å². The summed E-state index contributed by atoms with van der Waals surface area (Å²) in [5.74, 6) is 1.21. The highest BCUT2D eigenvalue weighted by molar-refractivity contribution is 9.10. The number of nitrogens with one attached hydrogen (secondary N) is 2. The molecule has 0 saturated carbocycles. The molecule has 6 heteroatoms. The van der Waals surface area contributed by atoms with Gasteiger partial charge in [-0.25, -0.2) is 4.98 Å². The van der Waals surface area contributed by atoms with Crippen molar-refractivity contribution in [3.8, 4) is 0 Å². The minimum absolute atomic E-state index is 0.0457. The minimum Gasteiger partial charge on any atom is -0.340 e. The lowest BCUT2D eigenvalue weighted by molar-refractivity contribution is 0.101.